The van der Waals surface area contributed by atoms with Gasteiger partial charge < -0.3 is 19.5 Å². The fraction of sp³-hybridized carbons (Fsp3) is 0.261. The van der Waals surface area contributed by atoms with Crippen molar-refractivity contribution in [3.8, 4) is 11.5 Å². The molecule has 0 aliphatic carbocycles. The molecule has 1 aliphatic heterocycles. The number of anilines is 1. The Labute approximate surface area is 186 Å². The van der Waals surface area contributed by atoms with Crippen molar-refractivity contribution in [3.63, 3.8) is 0 Å². The number of benzene rings is 2. The lowest BCUT2D eigenvalue weighted by atomic mass is 10.1. The maximum atomic E-state index is 13.0. The van der Waals surface area contributed by atoms with Gasteiger partial charge in [-0.1, -0.05) is 12.1 Å². The van der Waals surface area contributed by atoms with Gasteiger partial charge in [-0.3, -0.25) is 9.69 Å². The second-order valence-electron chi connectivity index (χ2n) is 6.90. The van der Waals surface area contributed by atoms with Crippen LogP contribution in [0, 0.1) is 13.8 Å². The van der Waals surface area contributed by atoms with E-state index in [2.05, 4.69) is 10.1 Å². The van der Waals surface area contributed by atoms with Crippen LogP contribution in [0.5, 0.6) is 11.5 Å². The molecule has 0 bridgehead atoms. The second-order valence-corrected chi connectivity index (χ2v) is 7.29. The van der Waals surface area contributed by atoms with Crippen LogP contribution in [0.25, 0.3) is 6.08 Å². The Morgan fingerprint density at radius 2 is 1.87 bits per heavy atom. The van der Waals surface area contributed by atoms with Crippen molar-refractivity contribution >= 4 is 41.0 Å². The summed E-state index contributed by atoms with van der Waals surface area (Å²) in [6, 6.07) is 10.9. The average Bonchev–Trinajstić information content (AvgIpc) is 3.02. The smallest absolute Gasteiger partial charge is 0.343 e. The van der Waals surface area contributed by atoms with E-state index in [-0.39, 0.29) is 12.5 Å². The van der Waals surface area contributed by atoms with Crippen molar-refractivity contribution in [1.29, 1.82) is 0 Å². The minimum Gasteiger partial charge on any atom is -0.490 e. The van der Waals surface area contributed by atoms with Crippen molar-refractivity contribution in [2.45, 2.75) is 20.8 Å². The highest BCUT2D eigenvalue weighted by atomic mass is 32.1. The number of thiocarbonyl (C=S) groups is 1. The van der Waals surface area contributed by atoms with Gasteiger partial charge in [0.1, 0.15) is 5.70 Å². The average molecular weight is 441 g/mol. The number of methoxy groups -OCH3 is 1. The van der Waals surface area contributed by atoms with Gasteiger partial charge in [0, 0.05) is 0 Å². The molecule has 1 amide bonds. The summed E-state index contributed by atoms with van der Waals surface area (Å²) >= 11 is 5.39. The van der Waals surface area contributed by atoms with Crippen molar-refractivity contribution in [1.82, 2.24) is 5.32 Å². The third kappa shape index (κ3) is 5.03. The first-order chi connectivity index (χ1) is 14.8. The van der Waals surface area contributed by atoms with Crippen LogP contribution in [-0.2, 0) is 14.3 Å². The molecular formula is C23H24N2O5S. The van der Waals surface area contributed by atoms with Gasteiger partial charge in [0.2, 0.25) is 0 Å². The molecule has 7 nitrogen and oxygen atoms in total. The molecule has 1 N–H and O–H groups in total. The number of esters is 1. The first-order valence-corrected chi connectivity index (χ1v) is 10.2. The zero-order chi connectivity index (χ0) is 22.5. The lowest BCUT2D eigenvalue weighted by Gasteiger charge is -2.15. The van der Waals surface area contributed by atoms with Crippen molar-refractivity contribution in [2.24, 2.45) is 0 Å². The molecule has 31 heavy (non-hydrogen) atoms. The van der Waals surface area contributed by atoms with Gasteiger partial charge in [-0.2, -0.15) is 0 Å². The Bertz CT molecular complexity index is 1060. The number of hydrogen-bond donors (Lipinski definition) is 1. The standard InChI is InChI=1S/C23H24N2O5S/c1-5-29-20-12-16(7-9-19(20)30-13-21(26)28-4)11-18-22(27)25(23(31)24-18)17-8-6-14(2)15(3)10-17/h6-12H,5,13H2,1-4H3,(H,24,31). The number of nitrogens with zero attached hydrogens (tertiary/aromatic N) is 1. The highest BCUT2D eigenvalue weighted by Crippen LogP contribution is 2.30. The number of aryl methyl sites for hydroxylation is 2. The molecule has 0 saturated carbocycles. The second kappa shape index (κ2) is 9.61. The normalized spacial score (nSPS) is 14.6. The summed E-state index contributed by atoms with van der Waals surface area (Å²) in [4.78, 5) is 25.8. The first-order valence-electron chi connectivity index (χ1n) is 9.75. The molecule has 3 rings (SSSR count). The van der Waals surface area contributed by atoms with Crippen LogP contribution in [0.1, 0.15) is 23.6 Å². The Kier molecular flexibility index (Phi) is 6.91. The molecule has 0 unspecified atom stereocenters. The molecule has 1 aliphatic rings. The lowest BCUT2D eigenvalue weighted by Crippen LogP contribution is -2.30. The third-order valence-electron chi connectivity index (χ3n) is 4.78. The van der Waals surface area contributed by atoms with Gasteiger partial charge in [0.15, 0.2) is 23.2 Å². The number of rotatable bonds is 7. The zero-order valence-corrected chi connectivity index (χ0v) is 18.7. The number of carbonyl (C=O) groups is 2. The highest BCUT2D eigenvalue weighted by molar-refractivity contribution is 7.80. The van der Waals surface area contributed by atoms with Crippen LogP contribution in [0.4, 0.5) is 5.69 Å². The summed E-state index contributed by atoms with van der Waals surface area (Å²) in [6.45, 7) is 6.04. The Hall–Kier alpha value is -3.39. The van der Waals surface area contributed by atoms with Gasteiger partial charge in [0.25, 0.3) is 5.91 Å². The largest absolute Gasteiger partial charge is 0.490 e. The summed E-state index contributed by atoms with van der Waals surface area (Å²) in [5.41, 5.74) is 4.01. The fourth-order valence-corrected chi connectivity index (χ4v) is 3.30. The number of nitrogens with one attached hydrogen (secondary N) is 1. The van der Waals surface area contributed by atoms with E-state index in [1.54, 1.807) is 24.3 Å². The van der Waals surface area contributed by atoms with E-state index in [1.165, 1.54) is 12.0 Å². The minimum atomic E-state index is -0.491. The zero-order valence-electron chi connectivity index (χ0n) is 17.9. The molecule has 1 saturated heterocycles. The summed E-state index contributed by atoms with van der Waals surface area (Å²) in [5, 5.41) is 3.31. The van der Waals surface area contributed by atoms with E-state index in [1.807, 2.05) is 39.0 Å². The van der Waals surface area contributed by atoms with Crippen LogP contribution >= 0.6 is 12.2 Å². The van der Waals surface area contributed by atoms with Crippen LogP contribution in [-0.4, -0.2) is 37.3 Å². The highest BCUT2D eigenvalue weighted by Gasteiger charge is 2.32. The summed E-state index contributed by atoms with van der Waals surface area (Å²) in [7, 11) is 1.29. The molecule has 0 atom stereocenters. The maximum absolute atomic E-state index is 13.0. The third-order valence-corrected chi connectivity index (χ3v) is 5.06. The molecular weight excluding hydrogens is 416 g/mol. The summed E-state index contributed by atoms with van der Waals surface area (Å²) in [5.74, 6) is 0.138. The molecule has 1 fully saturated rings. The molecule has 1 heterocycles. The van der Waals surface area contributed by atoms with Crippen LogP contribution in [0.15, 0.2) is 42.1 Å². The number of amides is 1. The molecule has 0 radical (unpaired) electrons. The molecule has 2 aromatic carbocycles. The van der Waals surface area contributed by atoms with E-state index in [4.69, 9.17) is 21.7 Å². The lowest BCUT2D eigenvalue weighted by molar-refractivity contribution is -0.142. The van der Waals surface area contributed by atoms with E-state index < -0.39 is 5.97 Å². The van der Waals surface area contributed by atoms with Crippen molar-refractivity contribution in [3.05, 3.63) is 58.8 Å². The van der Waals surface area contributed by atoms with Gasteiger partial charge in [-0.25, -0.2) is 4.79 Å². The minimum absolute atomic E-state index is 0.226. The fourth-order valence-electron chi connectivity index (χ4n) is 3.00. The Morgan fingerprint density at radius 3 is 2.55 bits per heavy atom. The predicted molar refractivity (Wildman–Crippen MR) is 122 cm³/mol. The molecule has 0 spiro atoms. The summed E-state index contributed by atoms with van der Waals surface area (Å²) in [6.07, 6.45) is 1.70. The van der Waals surface area contributed by atoms with E-state index in [0.717, 1.165) is 22.4 Å². The van der Waals surface area contributed by atoms with Gasteiger partial charge in [-0.05, 0) is 80.0 Å². The van der Waals surface area contributed by atoms with Gasteiger partial charge >= 0.3 is 5.97 Å². The molecule has 162 valence electrons. The van der Waals surface area contributed by atoms with Crippen molar-refractivity contribution in [2.75, 3.05) is 25.2 Å². The predicted octanol–water partition coefficient (Wildman–Crippen LogP) is 3.52. The number of carbonyl (C=O) groups excluding carboxylic acids is 2. The number of ether oxygens (including phenoxy) is 3. The monoisotopic (exact) mass is 440 g/mol. The molecule has 2 aromatic rings. The van der Waals surface area contributed by atoms with Crippen molar-refractivity contribution < 1.29 is 23.8 Å². The van der Waals surface area contributed by atoms with E-state index in [0.29, 0.717) is 28.9 Å². The summed E-state index contributed by atoms with van der Waals surface area (Å²) < 4.78 is 15.7. The SMILES string of the molecule is CCOc1cc(C=C2NC(=S)N(c3ccc(C)c(C)c3)C2=O)ccc1OCC(=O)OC. The Balaban J connectivity index is 1.86. The molecule has 0 aromatic heterocycles. The maximum Gasteiger partial charge on any atom is 0.343 e. The quantitative estimate of drug-likeness (QED) is 0.401. The Morgan fingerprint density at radius 1 is 1.10 bits per heavy atom. The topological polar surface area (TPSA) is 77.1 Å². The first kappa shape index (κ1) is 22.3. The van der Waals surface area contributed by atoms with Gasteiger partial charge in [-0.15, -0.1) is 0 Å². The van der Waals surface area contributed by atoms with Crippen LogP contribution in [0.3, 0.4) is 0 Å². The molecule has 8 heteroatoms. The number of hydrogen-bond acceptors (Lipinski definition) is 6. The van der Waals surface area contributed by atoms with Crippen LogP contribution < -0.4 is 19.7 Å². The van der Waals surface area contributed by atoms with E-state index >= 15 is 0 Å². The van der Waals surface area contributed by atoms with Gasteiger partial charge in [0.05, 0.1) is 19.4 Å². The van der Waals surface area contributed by atoms with E-state index in [9.17, 15) is 9.59 Å². The van der Waals surface area contributed by atoms with Crippen LogP contribution in [0.2, 0.25) is 0 Å².